The van der Waals surface area contributed by atoms with E-state index in [4.69, 9.17) is 0 Å². The molecular formula is C16H22BrN5O3S. The van der Waals surface area contributed by atoms with E-state index in [1.54, 1.807) is 11.2 Å². The van der Waals surface area contributed by atoms with Crippen molar-refractivity contribution in [3.63, 3.8) is 0 Å². The van der Waals surface area contributed by atoms with Gasteiger partial charge in [0.1, 0.15) is 0 Å². The van der Waals surface area contributed by atoms with Crippen LogP contribution in [-0.2, 0) is 14.8 Å². The van der Waals surface area contributed by atoms with E-state index in [0.717, 1.165) is 0 Å². The van der Waals surface area contributed by atoms with Crippen molar-refractivity contribution >= 4 is 49.7 Å². The molecule has 2 rings (SSSR count). The van der Waals surface area contributed by atoms with Crippen LogP contribution in [0.2, 0.25) is 0 Å². The van der Waals surface area contributed by atoms with Crippen LogP contribution in [0.3, 0.4) is 0 Å². The number of guanidine groups is 1. The lowest BCUT2D eigenvalue weighted by atomic mass is 9.97. The molecule has 0 bridgehead atoms. The van der Waals surface area contributed by atoms with Gasteiger partial charge in [-0.2, -0.15) is 5.10 Å². The molecule has 1 aromatic carbocycles. The van der Waals surface area contributed by atoms with Crippen LogP contribution in [0, 0.1) is 5.41 Å². The molecule has 1 heterocycles. The maximum Gasteiger partial charge on any atom is 0.264 e. The third-order valence-electron chi connectivity index (χ3n) is 3.44. The van der Waals surface area contributed by atoms with Gasteiger partial charge in [0.2, 0.25) is 11.9 Å². The Labute approximate surface area is 161 Å². The highest BCUT2D eigenvalue weighted by Crippen LogP contribution is 2.26. The van der Waals surface area contributed by atoms with Gasteiger partial charge in [-0.25, -0.2) is 18.1 Å². The first-order valence-electron chi connectivity index (χ1n) is 8.01. The van der Waals surface area contributed by atoms with Crippen LogP contribution in [0.5, 0.6) is 0 Å². The lowest BCUT2D eigenvalue weighted by molar-refractivity contribution is -0.114. The number of nitrogens with zero attached hydrogens (tertiary/aromatic N) is 3. The van der Waals surface area contributed by atoms with Crippen molar-refractivity contribution in [2.45, 2.75) is 32.6 Å². The zero-order valence-corrected chi connectivity index (χ0v) is 17.5. The van der Waals surface area contributed by atoms with E-state index in [1.165, 1.54) is 25.1 Å². The average Bonchev–Trinajstić information content (AvgIpc) is 2.88. The molecule has 1 amide bonds. The third kappa shape index (κ3) is 5.04. The van der Waals surface area contributed by atoms with Crippen LogP contribution in [0.15, 0.2) is 37.7 Å². The predicted molar refractivity (Wildman–Crippen MR) is 106 cm³/mol. The van der Waals surface area contributed by atoms with Gasteiger partial charge < -0.3 is 5.32 Å². The van der Waals surface area contributed by atoms with Crippen molar-refractivity contribution in [1.29, 1.82) is 0 Å². The van der Waals surface area contributed by atoms with Crippen LogP contribution in [0.4, 0.5) is 5.69 Å². The fourth-order valence-corrected chi connectivity index (χ4v) is 3.95. The number of hydrogen-bond donors (Lipinski definition) is 2. The number of hydrazone groups is 1. The summed E-state index contributed by atoms with van der Waals surface area (Å²) in [6, 6.07) is 4.36. The molecule has 1 aliphatic heterocycles. The van der Waals surface area contributed by atoms with Gasteiger partial charge in [0.05, 0.1) is 17.1 Å². The number of nitrogens with one attached hydrogen (secondary N) is 2. The third-order valence-corrected chi connectivity index (χ3v) is 5.43. The summed E-state index contributed by atoms with van der Waals surface area (Å²) in [4.78, 5) is 15.4. The molecule has 26 heavy (non-hydrogen) atoms. The van der Waals surface area contributed by atoms with E-state index >= 15 is 0 Å². The van der Waals surface area contributed by atoms with Crippen LogP contribution >= 0.6 is 15.9 Å². The number of amides is 1. The molecular weight excluding hydrogens is 422 g/mol. The summed E-state index contributed by atoms with van der Waals surface area (Å²) in [5.41, 5.74) is 0.327. The number of aliphatic imine (C=N–C) groups is 1. The predicted octanol–water partition coefficient (Wildman–Crippen LogP) is 2.39. The molecule has 8 nitrogen and oxygen atoms in total. The lowest BCUT2D eigenvalue weighted by Crippen LogP contribution is -2.42. The molecule has 2 N–H and O–H groups in total. The molecule has 1 aliphatic rings. The summed E-state index contributed by atoms with van der Waals surface area (Å²) in [5.74, 6) is -0.0670. The van der Waals surface area contributed by atoms with Crippen LogP contribution < -0.4 is 10.0 Å². The molecule has 0 spiro atoms. The summed E-state index contributed by atoms with van der Waals surface area (Å²) in [7, 11) is -3.86. The van der Waals surface area contributed by atoms with E-state index < -0.39 is 10.0 Å². The molecule has 10 heteroatoms. The van der Waals surface area contributed by atoms with E-state index in [2.05, 4.69) is 36.1 Å². The second kappa shape index (κ2) is 7.75. The molecule has 0 saturated heterocycles. The van der Waals surface area contributed by atoms with Gasteiger partial charge in [-0.05, 0) is 41.1 Å². The quantitative estimate of drug-likeness (QED) is 0.550. The maximum absolute atomic E-state index is 12.7. The average molecular weight is 444 g/mol. The summed E-state index contributed by atoms with van der Waals surface area (Å²) in [6.45, 7) is 8.15. The topological polar surface area (TPSA) is 103 Å². The number of benzene rings is 1. The number of sulfonamides is 1. The van der Waals surface area contributed by atoms with E-state index in [9.17, 15) is 13.2 Å². The minimum Gasteiger partial charge on any atom is -0.325 e. The SMILES string of the molecule is CCN=C(NS(=O)(=O)c1ccc(NC(C)=O)c(Br)c1)N1CC(C)(C)C=N1. The molecule has 0 aliphatic carbocycles. The first-order valence-corrected chi connectivity index (χ1v) is 10.3. The second-order valence-electron chi connectivity index (χ2n) is 6.52. The minimum absolute atomic E-state index is 0.0460. The number of carbonyl (C=O) groups is 1. The highest BCUT2D eigenvalue weighted by molar-refractivity contribution is 9.10. The summed E-state index contributed by atoms with van der Waals surface area (Å²) >= 11 is 3.28. The van der Waals surface area contributed by atoms with Gasteiger partial charge in [-0.3, -0.25) is 9.79 Å². The van der Waals surface area contributed by atoms with Crippen molar-refractivity contribution in [2.75, 3.05) is 18.4 Å². The van der Waals surface area contributed by atoms with Crippen molar-refractivity contribution in [3.05, 3.63) is 22.7 Å². The van der Waals surface area contributed by atoms with Gasteiger partial charge in [-0.1, -0.05) is 13.8 Å². The molecule has 0 aromatic heterocycles. The van der Waals surface area contributed by atoms with E-state index in [1.807, 2.05) is 20.8 Å². The molecule has 0 radical (unpaired) electrons. The van der Waals surface area contributed by atoms with E-state index in [0.29, 0.717) is 23.2 Å². The molecule has 1 aromatic rings. The van der Waals surface area contributed by atoms with Gasteiger partial charge in [0.15, 0.2) is 0 Å². The van der Waals surface area contributed by atoms with Gasteiger partial charge >= 0.3 is 0 Å². The van der Waals surface area contributed by atoms with Crippen LogP contribution in [-0.4, -0.2) is 44.6 Å². The maximum atomic E-state index is 12.7. The van der Waals surface area contributed by atoms with Crippen molar-refractivity contribution in [2.24, 2.45) is 15.5 Å². The zero-order valence-electron chi connectivity index (χ0n) is 15.1. The Morgan fingerprint density at radius 2 is 2.12 bits per heavy atom. The largest absolute Gasteiger partial charge is 0.325 e. The Hall–Kier alpha value is -1.94. The minimum atomic E-state index is -3.86. The van der Waals surface area contributed by atoms with Crippen molar-refractivity contribution in [3.8, 4) is 0 Å². The van der Waals surface area contributed by atoms with Gasteiger partial charge in [0.25, 0.3) is 10.0 Å². The Bertz CT molecular complexity index is 865. The Balaban J connectivity index is 2.26. The number of halogens is 1. The standard InChI is InChI=1S/C16H22BrN5O3S/c1-5-18-15(22-10-16(3,4)9-19-22)21-26(24,25)12-6-7-14(13(17)8-12)20-11(2)23/h6-9H,5,10H2,1-4H3,(H,18,21)(H,20,23). The lowest BCUT2D eigenvalue weighted by Gasteiger charge is -2.21. The highest BCUT2D eigenvalue weighted by atomic mass is 79.9. The molecule has 0 saturated carbocycles. The first-order chi connectivity index (χ1) is 12.0. The Kier molecular flexibility index (Phi) is 6.07. The zero-order chi connectivity index (χ0) is 19.5. The summed E-state index contributed by atoms with van der Waals surface area (Å²) < 4.78 is 28.5. The number of carbonyl (C=O) groups excluding carboxylic acids is 1. The van der Waals surface area contributed by atoms with Crippen LogP contribution in [0.25, 0.3) is 0 Å². The number of rotatable bonds is 4. The molecule has 0 unspecified atom stereocenters. The van der Waals surface area contributed by atoms with Crippen LogP contribution in [0.1, 0.15) is 27.7 Å². The van der Waals surface area contributed by atoms with E-state index in [-0.39, 0.29) is 22.2 Å². The molecule has 0 atom stereocenters. The number of hydrogen-bond acceptors (Lipinski definition) is 5. The highest BCUT2D eigenvalue weighted by Gasteiger charge is 2.30. The first kappa shape index (κ1) is 20.4. The summed E-state index contributed by atoms with van der Waals surface area (Å²) in [5, 5.41) is 8.40. The normalized spacial score (nSPS) is 16.7. The van der Waals surface area contributed by atoms with Gasteiger partial charge in [-0.15, -0.1) is 0 Å². The second-order valence-corrected chi connectivity index (χ2v) is 9.05. The van der Waals surface area contributed by atoms with Gasteiger partial charge in [0, 0.05) is 29.6 Å². The Morgan fingerprint density at radius 3 is 2.62 bits per heavy atom. The molecule has 0 fully saturated rings. The summed E-state index contributed by atoms with van der Waals surface area (Å²) in [6.07, 6.45) is 1.77. The number of anilines is 1. The van der Waals surface area contributed by atoms with Crippen molar-refractivity contribution < 1.29 is 13.2 Å². The Morgan fingerprint density at radius 1 is 1.42 bits per heavy atom. The monoisotopic (exact) mass is 443 g/mol. The van der Waals surface area contributed by atoms with Crippen molar-refractivity contribution in [1.82, 2.24) is 9.73 Å². The fourth-order valence-electron chi connectivity index (χ4n) is 2.27. The molecule has 142 valence electrons. The smallest absolute Gasteiger partial charge is 0.264 e. The fraction of sp³-hybridized carbons (Fsp3) is 0.438.